The summed E-state index contributed by atoms with van der Waals surface area (Å²) in [4.78, 5) is 12.4. The molecular formula is C18H16ClNO3. The van der Waals surface area contributed by atoms with Gasteiger partial charge in [-0.05, 0) is 50.2 Å². The molecule has 0 radical (unpaired) electrons. The molecule has 4 nitrogen and oxygen atoms in total. The van der Waals surface area contributed by atoms with Crippen LogP contribution in [-0.4, -0.2) is 12.5 Å². The van der Waals surface area contributed by atoms with Gasteiger partial charge in [0, 0.05) is 21.7 Å². The first-order chi connectivity index (χ1) is 11.1. The van der Waals surface area contributed by atoms with Gasteiger partial charge in [-0.25, -0.2) is 0 Å². The van der Waals surface area contributed by atoms with Crippen molar-refractivity contribution >= 4 is 34.2 Å². The number of fused-ring (bicyclic) bond motifs is 1. The lowest BCUT2D eigenvalue weighted by Crippen LogP contribution is -2.11. The third-order valence-electron chi connectivity index (χ3n) is 3.51. The average Bonchev–Trinajstić information content (AvgIpc) is 2.85. The topological polar surface area (TPSA) is 51.5 Å². The SMILES string of the molecule is CCOc1ccc2oc(C(=O)Nc3cccc(Cl)c3)c(C)c2c1. The third kappa shape index (κ3) is 3.17. The number of hydrogen-bond donors (Lipinski definition) is 1. The summed E-state index contributed by atoms with van der Waals surface area (Å²) in [6.07, 6.45) is 0. The molecule has 3 aromatic rings. The maximum Gasteiger partial charge on any atom is 0.291 e. The largest absolute Gasteiger partial charge is 0.494 e. The lowest BCUT2D eigenvalue weighted by Gasteiger charge is -2.04. The predicted molar refractivity (Wildman–Crippen MR) is 91.5 cm³/mol. The van der Waals surface area contributed by atoms with Gasteiger partial charge in [-0.15, -0.1) is 0 Å². The first-order valence-corrected chi connectivity index (χ1v) is 7.69. The van der Waals surface area contributed by atoms with E-state index in [0.29, 0.717) is 22.9 Å². The Morgan fingerprint density at radius 2 is 2.09 bits per heavy atom. The highest BCUT2D eigenvalue weighted by molar-refractivity contribution is 6.31. The van der Waals surface area contributed by atoms with Crippen LogP contribution >= 0.6 is 11.6 Å². The molecule has 118 valence electrons. The lowest BCUT2D eigenvalue weighted by molar-refractivity contribution is 0.0998. The first-order valence-electron chi connectivity index (χ1n) is 7.31. The number of benzene rings is 2. The van der Waals surface area contributed by atoms with Crippen LogP contribution in [0.5, 0.6) is 5.75 Å². The standard InChI is InChI=1S/C18H16ClNO3/c1-3-22-14-7-8-16-15(10-14)11(2)17(23-16)18(21)20-13-6-4-5-12(19)9-13/h4-10H,3H2,1-2H3,(H,20,21). The van der Waals surface area contributed by atoms with Crippen molar-refractivity contribution in [3.8, 4) is 5.75 Å². The van der Waals surface area contributed by atoms with Gasteiger partial charge in [0.25, 0.3) is 5.91 Å². The fourth-order valence-corrected chi connectivity index (χ4v) is 2.62. The molecule has 0 saturated carbocycles. The summed E-state index contributed by atoms with van der Waals surface area (Å²) in [5, 5.41) is 4.22. The van der Waals surface area contributed by atoms with Crippen molar-refractivity contribution < 1.29 is 13.9 Å². The maximum atomic E-state index is 12.4. The minimum atomic E-state index is -0.307. The molecule has 3 rings (SSSR count). The van der Waals surface area contributed by atoms with Crippen LogP contribution in [0.25, 0.3) is 11.0 Å². The number of aryl methyl sites for hydroxylation is 1. The Labute approximate surface area is 139 Å². The third-order valence-corrected chi connectivity index (χ3v) is 3.74. The Kier molecular flexibility index (Phi) is 4.26. The Morgan fingerprint density at radius 3 is 2.83 bits per heavy atom. The number of hydrogen-bond acceptors (Lipinski definition) is 3. The lowest BCUT2D eigenvalue weighted by atomic mass is 10.1. The minimum Gasteiger partial charge on any atom is -0.494 e. The quantitative estimate of drug-likeness (QED) is 0.729. The summed E-state index contributed by atoms with van der Waals surface area (Å²) in [5.74, 6) is 0.734. The monoisotopic (exact) mass is 329 g/mol. The number of furan rings is 1. The van der Waals surface area contributed by atoms with Gasteiger partial charge >= 0.3 is 0 Å². The highest BCUT2D eigenvalue weighted by Crippen LogP contribution is 2.29. The Hall–Kier alpha value is -2.46. The smallest absolute Gasteiger partial charge is 0.291 e. The highest BCUT2D eigenvalue weighted by atomic mass is 35.5. The summed E-state index contributed by atoms with van der Waals surface area (Å²) in [7, 11) is 0. The molecule has 2 aromatic carbocycles. The number of anilines is 1. The van der Waals surface area contributed by atoms with Crippen LogP contribution in [-0.2, 0) is 0 Å². The van der Waals surface area contributed by atoms with Crippen molar-refractivity contribution in [1.82, 2.24) is 0 Å². The Balaban J connectivity index is 1.92. The second kappa shape index (κ2) is 6.34. The van der Waals surface area contributed by atoms with Gasteiger partial charge in [0.15, 0.2) is 5.76 Å². The van der Waals surface area contributed by atoms with Crippen molar-refractivity contribution in [3.05, 3.63) is 58.8 Å². The molecule has 1 heterocycles. The molecule has 0 atom stereocenters. The molecule has 0 aliphatic heterocycles. The summed E-state index contributed by atoms with van der Waals surface area (Å²) in [6.45, 7) is 4.37. The number of carbonyl (C=O) groups is 1. The van der Waals surface area contributed by atoms with Crippen molar-refractivity contribution in [1.29, 1.82) is 0 Å². The van der Waals surface area contributed by atoms with Gasteiger partial charge in [-0.2, -0.15) is 0 Å². The van der Waals surface area contributed by atoms with E-state index in [0.717, 1.165) is 16.7 Å². The molecule has 0 unspecified atom stereocenters. The number of carbonyl (C=O) groups excluding carboxylic acids is 1. The fourth-order valence-electron chi connectivity index (χ4n) is 2.43. The summed E-state index contributed by atoms with van der Waals surface area (Å²) in [5.41, 5.74) is 2.06. The second-order valence-corrected chi connectivity index (χ2v) is 5.55. The molecule has 5 heteroatoms. The Bertz CT molecular complexity index is 870. The van der Waals surface area contributed by atoms with Crippen molar-refractivity contribution in [2.24, 2.45) is 0 Å². The van der Waals surface area contributed by atoms with Crippen LogP contribution in [0.3, 0.4) is 0 Å². The normalized spacial score (nSPS) is 10.7. The molecule has 0 spiro atoms. The highest BCUT2D eigenvalue weighted by Gasteiger charge is 2.18. The van der Waals surface area contributed by atoms with Crippen LogP contribution < -0.4 is 10.1 Å². The van der Waals surface area contributed by atoms with E-state index in [2.05, 4.69) is 5.32 Å². The minimum absolute atomic E-state index is 0.286. The van der Waals surface area contributed by atoms with Crippen LogP contribution in [0.4, 0.5) is 5.69 Å². The van der Waals surface area contributed by atoms with Crippen molar-refractivity contribution in [2.45, 2.75) is 13.8 Å². The van der Waals surface area contributed by atoms with E-state index >= 15 is 0 Å². The molecule has 1 N–H and O–H groups in total. The summed E-state index contributed by atoms with van der Waals surface area (Å²) in [6, 6.07) is 12.5. The molecule has 23 heavy (non-hydrogen) atoms. The van der Waals surface area contributed by atoms with Crippen LogP contribution in [0.2, 0.25) is 5.02 Å². The van der Waals surface area contributed by atoms with E-state index in [1.54, 1.807) is 24.3 Å². The number of nitrogens with one attached hydrogen (secondary N) is 1. The molecule has 0 bridgehead atoms. The number of rotatable bonds is 4. The maximum absolute atomic E-state index is 12.4. The molecule has 0 aliphatic rings. The molecular weight excluding hydrogens is 314 g/mol. The summed E-state index contributed by atoms with van der Waals surface area (Å²) < 4.78 is 11.2. The van der Waals surface area contributed by atoms with Crippen LogP contribution in [0.1, 0.15) is 23.0 Å². The van der Waals surface area contributed by atoms with Crippen LogP contribution in [0.15, 0.2) is 46.9 Å². The molecule has 0 aliphatic carbocycles. The van der Waals surface area contributed by atoms with E-state index in [1.165, 1.54) is 0 Å². The number of halogens is 1. The van der Waals surface area contributed by atoms with E-state index in [-0.39, 0.29) is 11.7 Å². The molecule has 1 amide bonds. The van der Waals surface area contributed by atoms with Gasteiger partial charge in [-0.3, -0.25) is 4.79 Å². The zero-order valence-corrected chi connectivity index (χ0v) is 13.6. The zero-order valence-electron chi connectivity index (χ0n) is 12.9. The molecule has 0 fully saturated rings. The predicted octanol–water partition coefficient (Wildman–Crippen LogP) is 5.05. The van der Waals surface area contributed by atoms with Crippen molar-refractivity contribution in [3.63, 3.8) is 0 Å². The van der Waals surface area contributed by atoms with Crippen LogP contribution in [0, 0.1) is 6.92 Å². The van der Waals surface area contributed by atoms with Gasteiger partial charge in [0.1, 0.15) is 11.3 Å². The van der Waals surface area contributed by atoms with Gasteiger partial charge in [-0.1, -0.05) is 17.7 Å². The van der Waals surface area contributed by atoms with E-state index in [9.17, 15) is 4.79 Å². The zero-order chi connectivity index (χ0) is 16.4. The molecule has 0 saturated heterocycles. The van der Waals surface area contributed by atoms with Gasteiger partial charge in [0.2, 0.25) is 0 Å². The second-order valence-electron chi connectivity index (χ2n) is 5.11. The fraction of sp³-hybridized carbons (Fsp3) is 0.167. The Morgan fingerprint density at radius 1 is 1.26 bits per heavy atom. The van der Waals surface area contributed by atoms with Crippen molar-refractivity contribution in [2.75, 3.05) is 11.9 Å². The molecule has 1 aromatic heterocycles. The van der Waals surface area contributed by atoms with E-state index < -0.39 is 0 Å². The van der Waals surface area contributed by atoms with Gasteiger partial charge in [0.05, 0.1) is 6.61 Å². The van der Waals surface area contributed by atoms with Gasteiger partial charge < -0.3 is 14.5 Å². The number of ether oxygens (including phenoxy) is 1. The van der Waals surface area contributed by atoms with E-state index in [4.69, 9.17) is 20.8 Å². The average molecular weight is 330 g/mol. The summed E-state index contributed by atoms with van der Waals surface area (Å²) >= 11 is 5.93. The first kappa shape index (κ1) is 15.4. The number of amides is 1. The van der Waals surface area contributed by atoms with E-state index in [1.807, 2.05) is 32.0 Å².